The highest BCUT2D eigenvalue weighted by molar-refractivity contribution is 6.30. The molecule has 0 radical (unpaired) electrons. The van der Waals surface area contributed by atoms with Gasteiger partial charge in [-0.1, -0.05) is 17.7 Å². The summed E-state index contributed by atoms with van der Waals surface area (Å²) in [6, 6.07) is 10.6. The van der Waals surface area contributed by atoms with Crippen molar-refractivity contribution in [1.82, 2.24) is 9.97 Å². The number of H-pyrrole nitrogens is 1. The molecular weight excluding hydrogens is 276 g/mol. The van der Waals surface area contributed by atoms with Crippen molar-refractivity contribution in [3.63, 3.8) is 0 Å². The number of carbonyl (C=O) groups is 1. The molecule has 100 valence electrons. The maximum absolute atomic E-state index is 11.2. The molecule has 0 saturated heterocycles. The van der Waals surface area contributed by atoms with Gasteiger partial charge in [0.05, 0.1) is 11.1 Å². The molecule has 0 aliphatic heterocycles. The number of aromatic nitrogens is 2. The van der Waals surface area contributed by atoms with Crippen molar-refractivity contribution >= 4 is 28.6 Å². The Labute approximate surface area is 120 Å². The minimum atomic E-state index is -0.985. The van der Waals surface area contributed by atoms with E-state index in [1.807, 2.05) is 25.1 Å². The molecule has 3 rings (SSSR count). The van der Waals surface area contributed by atoms with Crippen molar-refractivity contribution in [2.24, 2.45) is 0 Å². The maximum Gasteiger partial charge on any atom is 0.337 e. The number of hydrogen-bond acceptors (Lipinski definition) is 2. The van der Waals surface area contributed by atoms with Gasteiger partial charge in [-0.3, -0.25) is 0 Å². The highest BCUT2D eigenvalue weighted by atomic mass is 35.5. The third kappa shape index (κ3) is 2.04. The van der Waals surface area contributed by atoms with E-state index in [9.17, 15) is 9.90 Å². The summed E-state index contributed by atoms with van der Waals surface area (Å²) in [4.78, 5) is 18.8. The first kappa shape index (κ1) is 12.7. The Morgan fingerprint density at radius 2 is 2.10 bits per heavy atom. The number of rotatable bonds is 2. The van der Waals surface area contributed by atoms with E-state index in [1.54, 1.807) is 18.2 Å². The third-order valence-electron chi connectivity index (χ3n) is 3.19. The van der Waals surface area contributed by atoms with Crippen molar-refractivity contribution in [1.29, 1.82) is 0 Å². The molecule has 0 aliphatic carbocycles. The van der Waals surface area contributed by atoms with Gasteiger partial charge in [-0.25, -0.2) is 9.78 Å². The van der Waals surface area contributed by atoms with Crippen LogP contribution in [0.25, 0.3) is 22.4 Å². The predicted octanol–water partition coefficient (Wildman–Crippen LogP) is 3.89. The number of carboxylic acid groups (broad SMARTS) is 1. The number of imidazole rings is 1. The fourth-order valence-electron chi connectivity index (χ4n) is 2.23. The number of nitrogens with one attached hydrogen (secondary N) is 1. The Morgan fingerprint density at radius 1 is 1.30 bits per heavy atom. The van der Waals surface area contributed by atoms with E-state index in [2.05, 4.69) is 9.97 Å². The van der Waals surface area contributed by atoms with E-state index < -0.39 is 5.97 Å². The zero-order chi connectivity index (χ0) is 14.3. The second-order valence-corrected chi connectivity index (χ2v) is 4.99. The smallest absolute Gasteiger partial charge is 0.337 e. The first-order valence-corrected chi connectivity index (χ1v) is 6.42. The van der Waals surface area contributed by atoms with Gasteiger partial charge < -0.3 is 10.1 Å². The van der Waals surface area contributed by atoms with Crippen LogP contribution in [0.15, 0.2) is 36.4 Å². The van der Waals surface area contributed by atoms with E-state index in [0.29, 0.717) is 21.9 Å². The number of carboxylic acids is 1. The lowest BCUT2D eigenvalue weighted by atomic mass is 10.1. The fraction of sp³-hybridized carbons (Fsp3) is 0.0667. The van der Waals surface area contributed by atoms with Crippen LogP contribution in [0.3, 0.4) is 0 Å². The van der Waals surface area contributed by atoms with Gasteiger partial charge in [0.25, 0.3) is 0 Å². The van der Waals surface area contributed by atoms with Crippen LogP contribution in [0, 0.1) is 6.92 Å². The van der Waals surface area contributed by atoms with Crippen molar-refractivity contribution in [3.05, 3.63) is 52.5 Å². The molecule has 0 fully saturated rings. The number of nitrogens with zero attached hydrogens (tertiary/aromatic N) is 1. The predicted molar refractivity (Wildman–Crippen MR) is 78.2 cm³/mol. The molecule has 0 spiro atoms. The largest absolute Gasteiger partial charge is 0.478 e. The molecule has 1 aromatic heterocycles. The first-order chi connectivity index (χ1) is 9.56. The van der Waals surface area contributed by atoms with Gasteiger partial charge in [-0.05, 0) is 42.8 Å². The Morgan fingerprint density at radius 3 is 2.80 bits per heavy atom. The molecule has 0 saturated carbocycles. The SMILES string of the molecule is Cc1cc(Cl)ccc1-c1nc2c(C(=O)O)cccc2[nH]1. The standard InChI is InChI=1S/C15H11ClN2O2/c1-8-7-9(16)5-6-10(8)14-17-12-4-2-3-11(15(19)20)13(12)18-14/h2-7H,1H3,(H,17,18)(H,19,20). The molecule has 0 atom stereocenters. The van der Waals surface area contributed by atoms with Crippen LogP contribution in [0.1, 0.15) is 15.9 Å². The third-order valence-corrected chi connectivity index (χ3v) is 3.42. The van der Waals surface area contributed by atoms with E-state index in [-0.39, 0.29) is 5.56 Å². The zero-order valence-corrected chi connectivity index (χ0v) is 11.4. The van der Waals surface area contributed by atoms with Crippen LogP contribution in [-0.2, 0) is 0 Å². The number of hydrogen-bond donors (Lipinski definition) is 2. The van der Waals surface area contributed by atoms with Gasteiger partial charge in [-0.15, -0.1) is 0 Å². The first-order valence-electron chi connectivity index (χ1n) is 6.05. The Kier molecular flexibility index (Phi) is 2.95. The topological polar surface area (TPSA) is 66.0 Å². The number of para-hydroxylation sites is 1. The van der Waals surface area contributed by atoms with E-state index in [0.717, 1.165) is 11.1 Å². The van der Waals surface area contributed by atoms with Gasteiger partial charge in [0.2, 0.25) is 0 Å². The van der Waals surface area contributed by atoms with Crippen LogP contribution >= 0.6 is 11.6 Å². The molecule has 2 aromatic carbocycles. The van der Waals surface area contributed by atoms with Crippen LogP contribution < -0.4 is 0 Å². The Balaban J connectivity index is 2.23. The summed E-state index contributed by atoms with van der Waals surface area (Å²) < 4.78 is 0. The molecule has 0 aliphatic rings. The summed E-state index contributed by atoms with van der Waals surface area (Å²) in [6.07, 6.45) is 0. The number of halogens is 1. The number of aryl methyl sites for hydroxylation is 1. The molecule has 0 bridgehead atoms. The number of fused-ring (bicyclic) bond motifs is 1. The lowest BCUT2D eigenvalue weighted by Gasteiger charge is -2.02. The second kappa shape index (κ2) is 4.65. The summed E-state index contributed by atoms with van der Waals surface area (Å²) >= 11 is 5.94. The summed E-state index contributed by atoms with van der Waals surface area (Å²) in [5, 5.41) is 9.84. The zero-order valence-electron chi connectivity index (χ0n) is 10.6. The van der Waals surface area contributed by atoms with E-state index >= 15 is 0 Å². The molecule has 3 aromatic rings. The normalized spacial score (nSPS) is 10.9. The average molecular weight is 287 g/mol. The minimum absolute atomic E-state index is 0.191. The van der Waals surface area contributed by atoms with Gasteiger partial charge in [0.1, 0.15) is 11.3 Å². The molecule has 20 heavy (non-hydrogen) atoms. The van der Waals surface area contributed by atoms with Crippen LogP contribution in [0.2, 0.25) is 5.02 Å². The van der Waals surface area contributed by atoms with Gasteiger partial charge >= 0.3 is 5.97 Å². The number of aromatic amines is 1. The van der Waals surface area contributed by atoms with Crippen molar-refractivity contribution < 1.29 is 9.90 Å². The summed E-state index contributed by atoms with van der Waals surface area (Å²) in [6.45, 7) is 1.94. The second-order valence-electron chi connectivity index (χ2n) is 4.55. The lowest BCUT2D eigenvalue weighted by Crippen LogP contribution is -1.96. The van der Waals surface area contributed by atoms with Crippen LogP contribution in [0.5, 0.6) is 0 Å². The molecule has 0 amide bonds. The molecule has 5 heteroatoms. The molecule has 4 nitrogen and oxygen atoms in total. The van der Waals surface area contributed by atoms with E-state index in [1.165, 1.54) is 0 Å². The minimum Gasteiger partial charge on any atom is -0.478 e. The Hall–Kier alpha value is -2.33. The van der Waals surface area contributed by atoms with Crippen LogP contribution in [0.4, 0.5) is 0 Å². The quantitative estimate of drug-likeness (QED) is 0.751. The summed E-state index contributed by atoms with van der Waals surface area (Å²) in [7, 11) is 0. The average Bonchev–Trinajstić information content (AvgIpc) is 2.81. The van der Waals surface area contributed by atoms with Crippen molar-refractivity contribution in [3.8, 4) is 11.4 Å². The molecule has 0 unspecified atom stereocenters. The number of aromatic carboxylic acids is 1. The highest BCUT2D eigenvalue weighted by Gasteiger charge is 2.14. The van der Waals surface area contributed by atoms with Crippen molar-refractivity contribution in [2.45, 2.75) is 6.92 Å². The monoisotopic (exact) mass is 286 g/mol. The molecule has 2 N–H and O–H groups in total. The maximum atomic E-state index is 11.2. The fourth-order valence-corrected chi connectivity index (χ4v) is 2.45. The van der Waals surface area contributed by atoms with Gasteiger partial charge in [-0.2, -0.15) is 0 Å². The van der Waals surface area contributed by atoms with Crippen LogP contribution in [-0.4, -0.2) is 21.0 Å². The molecular formula is C15H11ClN2O2. The molecule has 1 heterocycles. The van der Waals surface area contributed by atoms with E-state index in [4.69, 9.17) is 11.6 Å². The highest BCUT2D eigenvalue weighted by Crippen LogP contribution is 2.27. The van der Waals surface area contributed by atoms with Crippen molar-refractivity contribution in [2.75, 3.05) is 0 Å². The summed E-state index contributed by atoms with van der Waals surface area (Å²) in [5.41, 5.74) is 3.24. The lowest BCUT2D eigenvalue weighted by molar-refractivity contribution is 0.0699. The summed E-state index contributed by atoms with van der Waals surface area (Å²) in [5.74, 6) is -0.343. The van der Waals surface area contributed by atoms with Gasteiger partial charge in [0, 0.05) is 10.6 Å². The number of benzene rings is 2. The Bertz CT molecular complexity index is 824. The van der Waals surface area contributed by atoms with Gasteiger partial charge in [0.15, 0.2) is 0 Å².